The average Bonchev–Trinajstić information content (AvgIpc) is 2.88. The Labute approximate surface area is 206 Å². The molecule has 0 unspecified atom stereocenters. The second kappa shape index (κ2) is 10.4. The van der Waals surface area contributed by atoms with Gasteiger partial charge in [-0.25, -0.2) is 19.3 Å². The van der Waals surface area contributed by atoms with Gasteiger partial charge < -0.3 is 16.0 Å². The first-order valence-electron chi connectivity index (χ1n) is 11.4. The molecule has 36 heavy (non-hydrogen) atoms. The summed E-state index contributed by atoms with van der Waals surface area (Å²) in [4.78, 5) is 36.1. The van der Waals surface area contributed by atoms with Crippen LogP contribution >= 0.6 is 0 Å². The molecule has 5 rings (SSSR count). The second-order valence-electron chi connectivity index (χ2n) is 8.26. The van der Waals surface area contributed by atoms with Gasteiger partial charge in [0.25, 0.3) is 0 Å². The van der Waals surface area contributed by atoms with Crippen LogP contribution in [0.3, 0.4) is 0 Å². The third-order valence-corrected chi connectivity index (χ3v) is 5.68. The Hall–Kier alpha value is -4.51. The number of alkyl halides is 1. The van der Waals surface area contributed by atoms with Gasteiger partial charge >= 0.3 is 0 Å². The normalized spacial score (nSPS) is 13.7. The van der Waals surface area contributed by atoms with Crippen LogP contribution in [0, 0.1) is 0 Å². The van der Waals surface area contributed by atoms with E-state index in [9.17, 15) is 9.18 Å². The molecule has 10 nitrogen and oxygen atoms in total. The molecule has 0 atom stereocenters. The average molecular weight is 486 g/mol. The van der Waals surface area contributed by atoms with Crippen LogP contribution in [0.15, 0.2) is 67.8 Å². The van der Waals surface area contributed by atoms with Crippen LogP contribution in [0.5, 0.6) is 0 Å². The topological polar surface area (TPSA) is 121 Å². The Bertz CT molecular complexity index is 1390. The standard InChI is InChI=1S/C25H24FN9O/c1-2-22(36)32-17-6-9-27-20(11-17)24-23-16(5-8-28-24)12-30-25(34-23)33-18-3-4-21(29-13-18)31-19-14-35(15-19)10-7-26/h2-6,8-9,11-13,19H,1,7,10,14-15H2,(H,29,31)(H,27,32,36)(H,30,33,34). The number of pyridine rings is 3. The second-order valence-corrected chi connectivity index (χ2v) is 8.26. The van der Waals surface area contributed by atoms with E-state index in [0.29, 0.717) is 35.1 Å². The summed E-state index contributed by atoms with van der Waals surface area (Å²) in [6, 6.07) is 9.28. The molecule has 182 valence electrons. The summed E-state index contributed by atoms with van der Waals surface area (Å²) < 4.78 is 12.4. The summed E-state index contributed by atoms with van der Waals surface area (Å²) in [7, 11) is 0. The van der Waals surface area contributed by atoms with E-state index in [0.717, 1.165) is 30.0 Å². The summed E-state index contributed by atoms with van der Waals surface area (Å²) in [5.74, 6) is 0.829. The maximum atomic E-state index is 12.4. The first-order chi connectivity index (χ1) is 17.6. The summed E-state index contributed by atoms with van der Waals surface area (Å²) >= 11 is 0. The maximum absolute atomic E-state index is 12.4. The van der Waals surface area contributed by atoms with Crippen LogP contribution in [0.1, 0.15) is 0 Å². The highest BCUT2D eigenvalue weighted by Crippen LogP contribution is 2.26. The van der Waals surface area contributed by atoms with E-state index < -0.39 is 0 Å². The summed E-state index contributed by atoms with van der Waals surface area (Å²) in [5.41, 5.74) is 3.04. The van der Waals surface area contributed by atoms with Crippen molar-refractivity contribution in [2.75, 3.05) is 42.3 Å². The first kappa shape index (κ1) is 23.2. The van der Waals surface area contributed by atoms with Crippen LogP contribution in [-0.2, 0) is 4.79 Å². The summed E-state index contributed by atoms with van der Waals surface area (Å²) in [5, 5.41) is 10.0. The molecule has 11 heteroatoms. The summed E-state index contributed by atoms with van der Waals surface area (Å²) in [6.07, 6.45) is 7.88. The van der Waals surface area contributed by atoms with Crippen LogP contribution in [0.4, 0.5) is 27.5 Å². The molecule has 0 spiro atoms. The minimum absolute atomic E-state index is 0.273. The van der Waals surface area contributed by atoms with E-state index in [1.807, 2.05) is 18.2 Å². The number of hydrogen-bond acceptors (Lipinski definition) is 9. The molecule has 4 aromatic rings. The van der Waals surface area contributed by atoms with Crippen molar-refractivity contribution in [2.45, 2.75) is 6.04 Å². The first-order valence-corrected chi connectivity index (χ1v) is 11.4. The van der Waals surface area contributed by atoms with Crippen molar-refractivity contribution in [1.29, 1.82) is 0 Å². The molecular formula is C25H24FN9O. The number of carbonyl (C=O) groups excluding carboxylic acids is 1. The van der Waals surface area contributed by atoms with Crippen LogP contribution in [0.2, 0.25) is 0 Å². The van der Waals surface area contributed by atoms with Crippen LogP contribution < -0.4 is 16.0 Å². The van der Waals surface area contributed by atoms with Gasteiger partial charge in [0.2, 0.25) is 11.9 Å². The molecule has 0 saturated carbocycles. The van der Waals surface area contributed by atoms with Crippen molar-refractivity contribution in [3.8, 4) is 11.4 Å². The van der Waals surface area contributed by atoms with Crippen molar-refractivity contribution in [3.63, 3.8) is 0 Å². The summed E-state index contributed by atoms with van der Waals surface area (Å²) in [6.45, 7) is 5.25. The van der Waals surface area contributed by atoms with Crippen molar-refractivity contribution in [2.24, 2.45) is 0 Å². The lowest BCUT2D eigenvalue weighted by Gasteiger charge is -2.39. The van der Waals surface area contributed by atoms with Crippen molar-refractivity contribution in [3.05, 3.63) is 67.8 Å². The van der Waals surface area contributed by atoms with Gasteiger partial charge in [0, 0.05) is 49.3 Å². The molecule has 3 N–H and O–H groups in total. The van der Waals surface area contributed by atoms with Gasteiger partial charge in [-0.05, 0) is 36.4 Å². The molecule has 1 aliphatic rings. The number of halogens is 1. The molecule has 1 aliphatic heterocycles. The van der Waals surface area contributed by atoms with E-state index in [1.54, 1.807) is 36.9 Å². The maximum Gasteiger partial charge on any atom is 0.247 e. The molecule has 1 fully saturated rings. The van der Waals surface area contributed by atoms with E-state index in [2.05, 4.69) is 52.3 Å². The lowest BCUT2D eigenvalue weighted by Crippen LogP contribution is -2.55. The lowest BCUT2D eigenvalue weighted by molar-refractivity contribution is -0.111. The number of fused-ring (bicyclic) bond motifs is 1. The van der Waals surface area contributed by atoms with E-state index in [4.69, 9.17) is 0 Å². The third-order valence-electron chi connectivity index (χ3n) is 5.68. The predicted octanol–water partition coefficient (Wildman–Crippen LogP) is 3.42. The van der Waals surface area contributed by atoms with E-state index in [1.165, 1.54) is 6.08 Å². The largest absolute Gasteiger partial charge is 0.365 e. The van der Waals surface area contributed by atoms with Crippen molar-refractivity contribution in [1.82, 2.24) is 29.8 Å². The van der Waals surface area contributed by atoms with Crippen LogP contribution in [0.25, 0.3) is 22.3 Å². The highest BCUT2D eigenvalue weighted by atomic mass is 19.1. The number of carbonyl (C=O) groups is 1. The molecule has 4 aromatic heterocycles. The fraction of sp³-hybridized carbons (Fsp3) is 0.200. The minimum atomic E-state index is -0.323. The van der Waals surface area contributed by atoms with Gasteiger partial charge in [-0.2, -0.15) is 0 Å². The number of amides is 1. The fourth-order valence-electron chi connectivity index (χ4n) is 3.89. The molecule has 1 amide bonds. The van der Waals surface area contributed by atoms with Gasteiger partial charge in [0.1, 0.15) is 23.7 Å². The lowest BCUT2D eigenvalue weighted by atomic mass is 10.1. The Morgan fingerprint density at radius 3 is 2.72 bits per heavy atom. The number of likely N-dealkylation sites (tertiary alicyclic amines) is 1. The number of rotatable bonds is 9. The fourth-order valence-corrected chi connectivity index (χ4v) is 3.89. The van der Waals surface area contributed by atoms with Crippen LogP contribution in [-0.4, -0.2) is 68.1 Å². The highest BCUT2D eigenvalue weighted by molar-refractivity contribution is 5.99. The van der Waals surface area contributed by atoms with Gasteiger partial charge in [-0.3, -0.25) is 19.7 Å². The SMILES string of the molecule is C=CC(=O)Nc1ccnc(-c2nccc3cnc(Nc4ccc(NC5CN(CCF)C5)nc4)nc23)c1. The van der Waals surface area contributed by atoms with Gasteiger partial charge in [-0.1, -0.05) is 6.58 Å². The van der Waals surface area contributed by atoms with Crippen molar-refractivity contribution < 1.29 is 9.18 Å². The zero-order valence-electron chi connectivity index (χ0n) is 19.4. The Kier molecular flexibility index (Phi) is 6.72. The Morgan fingerprint density at radius 2 is 1.94 bits per heavy atom. The molecule has 0 aliphatic carbocycles. The quantitative estimate of drug-likeness (QED) is 0.306. The van der Waals surface area contributed by atoms with Gasteiger partial charge in [0.05, 0.1) is 23.6 Å². The number of nitrogens with zero attached hydrogens (tertiary/aromatic N) is 6. The minimum Gasteiger partial charge on any atom is -0.365 e. The number of anilines is 4. The molecule has 5 heterocycles. The molecule has 0 radical (unpaired) electrons. The Morgan fingerprint density at radius 1 is 1.08 bits per heavy atom. The highest BCUT2D eigenvalue weighted by Gasteiger charge is 2.26. The third kappa shape index (κ3) is 5.26. The van der Waals surface area contributed by atoms with E-state index >= 15 is 0 Å². The molecule has 0 aromatic carbocycles. The smallest absolute Gasteiger partial charge is 0.247 e. The number of hydrogen-bond donors (Lipinski definition) is 3. The number of nitrogens with one attached hydrogen (secondary N) is 3. The monoisotopic (exact) mass is 485 g/mol. The zero-order chi connectivity index (χ0) is 24.9. The number of aromatic nitrogens is 5. The zero-order valence-corrected chi connectivity index (χ0v) is 19.4. The Balaban J connectivity index is 1.32. The predicted molar refractivity (Wildman–Crippen MR) is 137 cm³/mol. The van der Waals surface area contributed by atoms with Gasteiger partial charge in [-0.15, -0.1) is 0 Å². The van der Waals surface area contributed by atoms with Crippen molar-refractivity contribution >= 4 is 40.0 Å². The molecular weight excluding hydrogens is 461 g/mol. The molecule has 0 bridgehead atoms. The van der Waals surface area contributed by atoms with Gasteiger partial charge in [0.15, 0.2) is 0 Å². The molecule has 1 saturated heterocycles. The van der Waals surface area contributed by atoms with E-state index in [-0.39, 0.29) is 18.6 Å².